The Bertz CT molecular complexity index is 689. The third-order valence-corrected chi connectivity index (χ3v) is 3.24. The van der Waals surface area contributed by atoms with Crippen molar-refractivity contribution in [2.75, 3.05) is 10.6 Å². The number of thiocarbonyl (C=S) groups is 1. The lowest BCUT2D eigenvalue weighted by molar-refractivity contribution is -0.384. The van der Waals surface area contributed by atoms with E-state index in [1.165, 1.54) is 12.1 Å². The lowest BCUT2D eigenvalue weighted by atomic mass is 10.2. The van der Waals surface area contributed by atoms with Gasteiger partial charge in [0, 0.05) is 28.5 Å². The van der Waals surface area contributed by atoms with Gasteiger partial charge in [-0.2, -0.15) is 0 Å². The summed E-state index contributed by atoms with van der Waals surface area (Å²) in [6.07, 6.45) is 0. The summed E-state index contributed by atoms with van der Waals surface area (Å²) < 4.78 is 0. The number of hydrogen-bond acceptors (Lipinski definition) is 3. The minimum Gasteiger partial charge on any atom is -0.332 e. The Morgan fingerprint density at radius 3 is 2.48 bits per heavy atom. The molecule has 0 fully saturated rings. The molecule has 0 unspecified atom stereocenters. The first-order valence-electron chi connectivity index (χ1n) is 6.04. The van der Waals surface area contributed by atoms with E-state index >= 15 is 0 Å². The Hall–Kier alpha value is -2.18. The van der Waals surface area contributed by atoms with E-state index in [1.807, 2.05) is 6.92 Å². The largest absolute Gasteiger partial charge is 0.332 e. The Morgan fingerprint density at radius 2 is 1.86 bits per heavy atom. The number of anilines is 2. The Labute approximate surface area is 132 Å². The molecule has 5 nitrogen and oxygen atoms in total. The maximum absolute atomic E-state index is 10.8. The zero-order valence-electron chi connectivity index (χ0n) is 11.1. The van der Waals surface area contributed by atoms with Crippen molar-refractivity contribution >= 4 is 46.0 Å². The maximum Gasteiger partial charge on any atom is 0.271 e. The second-order valence-corrected chi connectivity index (χ2v) is 5.19. The van der Waals surface area contributed by atoms with Crippen molar-refractivity contribution < 1.29 is 4.92 Å². The smallest absolute Gasteiger partial charge is 0.271 e. The van der Waals surface area contributed by atoms with Crippen molar-refractivity contribution in [2.45, 2.75) is 6.92 Å². The van der Waals surface area contributed by atoms with Gasteiger partial charge in [-0.3, -0.25) is 10.1 Å². The first-order chi connectivity index (χ1) is 9.95. The molecule has 2 aromatic carbocycles. The Kier molecular flexibility index (Phi) is 4.72. The quantitative estimate of drug-likeness (QED) is 0.499. The molecule has 2 aromatic rings. The minimum atomic E-state index is -0.444. The van der Waals surface area contributed by atoms with Gasteiger partial charge in [0.1, 0.15) is 0 Å². The number of aryl methyl sites for hydroxylation is 1. The van der Waals surface area contributed by atoms with Crippen LogP contribution in [-0.2, 0) is 0 Å². The molecule has 0 amide bonds. The maximum atomic E-state index is 10.8. The number of halogens is 1. The molecule has 0 radical (unpaired) electrons. The van der Waals surface area contributed by atoms with Crippen LogP contribution < -0.4 is 10.6 Å². The van der Waals surface area contributed by atoms with Gasteiger partial charge in [-0.15, -0.1) is 0 Å². The van der Waals surface area contributed by atoms with E-state index in [0.717, 1.165) is 11.3 Å². The van der Waals surface area contributed by atoms with Gasteiger partial charge in [-0.1, -0.05) is 17.7 Å². The monoisotopic (exact) mass is 321 g/mol. The number of non-ortho nitro benzene ring substituents is 1. The SMILES string of the molecule is Cc1ccc([N+](=O)[O-])cc1NC(=S)Nc1ccc(Cl)cc1. The van der Waals surface area contributed by atoms with E-state index in [0.29, 0.717) is 15.8 Å². The number of nitro groups is 1. The fourth-order valence-electron chi connectivity index (χ4n) is 1.68. The van der Waals surface area contributed by atoms with Crippen LogP contribution in [-0.4, -0.2) is 10.0 Å². The van der Waals surface area contributed by atoms with Crippen LogP contribution in [0.4, 0.5) is 17.1 Å². The van der Waals surface area contributed by atoms with Crippen molar-refractivity contribution in [2.24, 2.45) is 0 Å². The third-order valence-electron chi connectivity index (χ3n) is 2.78. The highest BCUT2D eigenvalue weighted by atomic mass is 35.5. The molecule has 0 aliphatic carbocycles. The number of benzene rings is 2. The van der Waals surface area contributed by atoms with Crippen LogP contribution in [0, 0.1) is 17.0 Å². The van der Waals surface area contributed by atoms with E-state index in [9.17, 15) is 10.1 Å². The third kappa shape index (κ3) is 4.14. The van der Waals surface area contributed by atoms with E-state index < -0.39 is 4.92 Å². The van der Waals surface area contributed by atoms with Crippen molar-refractivity contribution in [3.8, 4) is 0 Å². The molecule has 2 rings (SSSR count). The molecule has 21 heavy (non-hydrogen) atoms. The van der Waals surface area contributed by atoms with Crippen LogP contribution in [0.1, 0.15) is 5.56 Å². The molecule has 0 spiro atoms. The highest BCUT2D eigenvalue weighted by molar-refractivity contribution is 7.80. The first kappa shape index (κ1) is 15.2. The Balaban J connectivity index is 2.10. The molecule has 0 aromatic heterocycles. The molecule has 0 aliphatic heterocycles. The molecule has 0 saturated carbocycles. The van der Waals surface area contributed by atoms with Crippen molar-refractivity contribution in [1.82, 2.24) is 0 Å². The zero-order chi connectivity index (χ0) is 15.4. The van der Waals surface area contributed by atoms with Gasteiger partial charge in [-0.05, 0) is 49.0 Å². The normalized spacial score (nSPS) is 10.0. The fraction of sp³-hybridized carbons (Fsp3) is 0.0714. The summed E-state index contributed by atoms with van der Waals surface area (Å²) in [4.78, 5) is 10.3. The molecule has 108 valence electrons. The van der Waals surface area contributed by atoms with E-state index in [1.54, 1.807) is 30.3 Å². The predicted octanol–water partition coefficient (Wildman–Crippen LogP) is 4.37. The van der Waals surface area contributed by atoms with Crippen molar-refractivity contribution in [3.05, 3.63) is 63.2 Å². The molecule has 0 saturated heterocycles. The van der Waals surface area contributed by atoms with Gasteiger partial charge in [-0.25, -0.2) is 0 Å². The molecule has 0 aliphatic rings. The molecular formula is C14H12ClN3O2S. The average Bonchev–Trinajstić information content (AvgIpc) is 2.43. The topological polar surface area (TPSA) is 67.2 Å². The van der Waals surface area contributed by atoms with Crippen LogP contribution >= 0.6 is 23.8 Å². The van der Waals surface area contributed by atoms with E-state index in [-0.39, 0.29) is 5.69 Å². The van der Waals surface area contributed by atoms with Gasteiger partial charge >= 0.3 is 0 Å². The highest BCUT2D eigenvalue weighted by Gasteiger charge is 2.09. The minimum absolute atomic E-state index is 0.0115. The summed E-state index contributed by atoms with van der Waals surface area (Å²) >= 11 is 11.0. The van der Waals surface area contributed by atoms with Crippen LogP contribution in [0.3, 0.4) is 0 Å². The lowest BCUT2D eigenvalue weighted by Crippen LogP contribution is -2.19. The zero-order valence-corrected chi connectivity index (χ0v) is 12.7. The standard InChI is InChI=1S/C14H12ClN3O2S/c1-9-2-7-12(18(19)20)8-13(9)17-14(21)16-11-5-3-10(15)4-6-11/h2-8H,1H3,(H2,16,17,21). The summed E-state index contributed by atoms with van der Waals surface area (Å²) in [5.41, 5.74) is 2.24. The summed E-state index contributed by atoms with van der Waals surface area (Å²) in [5, 5.41) is 17.7. The number of rotatable bonds is 3. The van der Waals surface area contributed by atoms with Gasteiger partial charge in [0.25, 0.3) is 5.69 Å². The molecule has 0 atom stereocenters. The van der Waals surface area contributed by atoms with Crippen molar-refractivity contribution in [1.29, 1.82) is 0 Å². The van der Waals surface area contributed by atoms with Gasteiger partial charge in [0.2, 0.25) is 0 Å². The number of nitrogens with zero attached hydrogens (tertiary/aromatic N) is 1. The number of nitro benzene ring substituents is 1. The molecule has 0 heterocycles. The first-order valence-corrected chi connectivity index (χ1v) is 6.83. The molecular weight excluding hydrogens is 310 g/mol. The summed E-state index contributed by atoms with van der Waals surface area (Å²) in [6.45, 7) is 1.84. The van der Waals surface area contributed by atoms with Crippen LogP contribution in [0.2, 0.25) is 5.02 Å². The lowest BCUT2D eigenvalue weighted by Gasteiger charge is -2.12. The predicted molar refractivity (Wildman–Crippen MR) is 89.1 cm³/mol. The average molecular weight is 322 g/mol. The molecule has 0 bridgehead atoms. The van der Waals surface area contributed by atoms with Gasteiger partial charge < -0.3 is 10.6 Å². The van der Waals surface area contributed by atoms with Gasteiger partial charge in [0.05, 0.1) is 4.92 Å². The van der Waals surface area contributed by atoms with Gasteiger partial charge in [0.15, 0.2) is 5.11 Å². The van der Waals surface area contributed by atoms with Crippen molar-refractivity contribution in [3.63, 3.8) is 0 Å². The summed E-state index contributed by atoms with van der Waals surface area (Å²) in [5.74, 6) is 0. The van der Waals surface area contributed by atoms with E-state index in [4.69, 9.17) is 23.8 Å². The fourth-order valence-corrected chi connectivity index (χ4v) is 2.03. The second kappa shape index (κ2) is 6.51. The number of hydrogen-bond donors (Lipinski definition) is 2. The summed E-state index contributed by atoms with van der Waals surface area (Å²) in [6, 6.07) is 11.6. The Morgan fingerprint density at radius 1 is 1.19 bits per heavy atom. The molecule has 2 N–H and O–H groups in total. The van der Waals surface area contributed by atoms with E-state index in [2.05, 4.69) is 10.6 Å². The summed E-state index contributed by atoms with van der Waals surface area (Å²) in [7, 11) is 0. The van der Waals surface area contributed by atoms with Crippen LogP contribution in [0.15, 0.2) is 42.5 Å². The van der Waals surface area contributed by atoms with Crippen LogP contribution in [0.25, 0.3) is 0 Å². The molecule has 7 heteroatoms. The van der Waals surface area contributed by atoms with Crippen LogP contribution in [0.5, 0.6) is 0 Å². The highest BCUT2D eigenvalue weighted by Crippen LogP contribution is 2.22. The number of nitrogens with one attached hydrogen (secondary N) is 2. The second-order valence-electron chi connectivity index (χ2n) is 4.34.